The van der Waals surface area contributed by atoms with Gasteiger partial charge in [-0.05, 0) is 48.9 Å². The number of hydrogen-bond donors (Lipinski definition) is 1. The highest BCUT2D eigenvalue weighted by molar-refractivity contribution is 8.01. The molecule has 1 saturated heterocycles. The zero-order chi connectivity index (χ0) is 22.4. The van der Waals surface area contributed by atoms with Crippen molar-refractivity contribution < 1.29 is 18.4 Å². The second kappa shape index (κ2) is 10.9. The molecule has 0 bridgehead atoms. The van der Waals surface area contributed by atoms with Gasteiger partial charge in [-0.3, -0.25) is 14.5 Å². The monoisotopic (exact) mass is 467 g/mol. The van der Waals surface area contributed by atoms with E-state index >= 15 is 0 Å². The summed E-state index contributed by atoms with van der Waals surface area (Å²) in [6.45, 7) is 4.97. The van der Waals surface area contributed by atoms with Gasteiger partial charge in [-0.25, -0.2) is 8.78 Å². The maximum atomic E-state index is 13.2. The van der Waals surface area contributed by atoms with Gasteiger partial charge in [0, 0.05) is 43.4 Å². The lowest BCUT2D eigenvalue weighted by Gasteiger charge is -2.36. The van der Waals surface area contributed by atoms with E-state index in [-0.39, 0.29) is 34.5 Å². The molecule has 0 saturated carbocycles. The minimum atomic E-state index is -0.368. The molecule has 2 aromatic carbocycles. The van der Waals surface area contributed by atoms with Crippen LogP contribution in [-0.4, -0.2) is 58.8 Å². The number of halogens is 3. The molecule has 1 atom stereocenters. The van der Waals surface area contributed by atoms with Crippen LogP contribution in [0.2, 0.25) is 5.02 Å². The second-order valence-electron chi connectivity index (χ2n) is 7.35. The lowest BCUT2D eigenvalue weighted by atomic mass is 10.2. The average molecular weight is 468 g/mol. The van der Waals surface area contributed by atoms with E-state index < -0.39 is 0 Å². The predicted octanol–water partition coefficient (Wildman–Crippen LogP) is 4.02. The van der Waals surface area contributed by atoms with E-state index in [1.54, 1.807) is 17.9 Å². The quantitative estimate of drug-likeness (QED) is 0.668. The molecule has 2 amide bonds. The van der Waals surface area contributed by atoms with Gasteiger partial charge in [-0.1, -0.05) is 17.7 Å². The highest BCUT2D eigenvalue weighted by atomic mass is 35.5. The number of rotatable bonds is 7. The number of nitrogens with zero attached hydrogens (tertiary/aromatic N) is 2. The maximum Gasteiger partial charge on any atom is 0.235 e. The van der Waals surface area contributed by atoms with Crippen LogP contribution in [0.15, 0.2) is 42.5 Å². The molecule has 1 heterocycles. The van der Waals surface area contributed by atoms with E-state index in [9.17, 15) is 18.4 Å². The van der Waals surface area contributed by atoms with E-state index in [1.807, 2.05) is 0 Å². The molecule has 3 rings (SSSR count). The molecule has 0 radical (unpaired) electrons. The van der Waals surface area contributed by atoms with E-state index in [4.69, 9.17) is 11.6 Å². The van der Waals surface area contributed by atoms with Crippen LogP contribution in [0, 0.1) is 11.6 Å². The van der Waals surface area contributed by atoms with Crippen LogP contribution in [0.4, 0.5) is 14.5 Å². The molecule has 1 unspecified atom stereocenters. The summed E-state index contributed by atoms with van der Waals surface area (Å²) in [6, 6.07) is 9.92. The Morgan fingerprint density at radius 3 is 2.35 bits per heavy atom. The average Bonchev–Trinajstić information content (AvgIpc) is 2.75. The predicted molar refractivity (Wildman–Crippen MR) is 120 cm³/mol. The first-order valence-corrected chi connectivity index (χ1v) is 11.4. The number of hydrogen-bond acceptors (Lipinski definition) is 4. The Labute approximate surface area is 189 Å². The number of benzene rings is 2. The van der Waals surface area contributed by atoms with Crippen LogP contribution in [-0.2, 0) is 16.1 Å². The van der Waals surface area contributed by atoms with E-state index in [2.05, 4.69) is 10.2 Å². The van der Waals surface area contributed by atoms with E-state index in [1.165, 1.54) is 48.2 Å². The highest BCUT2D eigenvalue weighted by Gasteiger charge is 2.26. The number of carbonyl (C=O) groups is 2. The van der Waals surface area contributed by atoms with Crippen molar-refractivity contribution in [3.8, 4) is 0 Å². The van der Waals surface area contributed by atoms with Crippen LogP contribution >= 0.6 is 23.4 Å². The van der Waals surface area contributed by atoms with Gasteiger partial charge in [-0.15, -0.1) is 11.8 Å². The molecule has 31 heavy (non-hydrogen) atoms. The smallest absolute Gasteiger partial charge is 0.235 e. The Hall–Kier alpha value is -2.16. The van der Waals surface area contributed by atoms with Crippen LogP contribution in [0.3, 0.4) is 0 Å². The maximum absolute atomic E-state index is 13.2. The SMILES string of the molecule is CC(SCC(=O)Nc1ccc(F)cc1)C(=O)N1CCN(Cc2ccc(F)cc2Cl)CC1. The van der Waals surface area contributed by atoms with Crippen LogP contribution in [0.1, 0.15) is 12.5 Å². The van der Waals surface area contributed by atoms with Crippen molar-refractivity contribution in [2.75, 3.05) is 37.2 Å². The standard InChI is InChI=1S/C22H24ClF2N3O2S/c1-15(31-14-21(29)26-19-6-4-17(24)5-7-19)22(30)28-10-8-27(9-11-28)13-16-2-3-18(25)12-20(16)23/h2-7,12,15H,8-11,13-14H2,1H3,(H,26,29). The molecule has 0 aromatic heterocycles. The van der Waals surface area contributed by atoms with Gasteiger partial charge in [0.15, 0.2) is 0 Å². The number of nitrogens with one attached hydrogen (secondary N) is 1. The first-order chi connectivity index (χ1) is 14.8. The van der Waals surface area contributed by atoms with Crippen LogP contribution < -0.4 is 5.32 Å². The molecule has 1 N–H and O–H groups in total. The molecular formula is C22H24ClF2N3O2S. The molecule has 5 nitrogen and oxygen atoms in total. The summed E-state index contributed by atoms with van der Waals surface area (Å²) < 4.78 is 26.1. The Morgan fingerprint density at radius 1 is 1.06 bits per heavy atom. The van der Waals surface area contributed by atoms with Gasteiger partial charge in [0.25, 0.3) is 0 Å². The zero-order valence-corrected chi connectivity index (χ0v) is 18.7. The first kappa shape index (κ1) is 23.5. The minimum absolute atomic E-state index is 0.000883. The Kier molecular flexibility index (Phi) is 8.28. The van der Waals surface area contributed by atoms with Gasteiger partial charge in [0.2, 0.25) is 11.8 Å². The summed E-state index contributed by atoms with van der Waals surface area (Å²) in [4.78, 5) is 28.8. The summed E-state index contributed by atoms with van der Waals surface area (Å²) in [5.74, 6) is -0.835. The Morgan fingerprint density at radius 2 is 1.71 bits per heavy atom. The van der Waals surface area contributed by atoms with E-state index in [0.717, 1.165) is 5.56 Å². The summed E-state index contributed by atoms with van der Waals surface area (Å²) in [5.41, 5.74) is 1.38. The van der Waals surface area contributed by atoms with Crippen LogP contribution in [0.5, 0.6) is 0 Å². The van der Waals surface area contributed by atoms with Crippen LogP contribution in [0.25, 0.3) is 0 Å². The van der Waals surface area contributed by atoms with Crippen molar-refractivity contribution in [1.82, 2.24) is 9.80 Å². The molecule has 2 aromatic rings. The summed E-state index contributed by atoms with van der Waals surface area (Å²) >= 11 is 7.38. The topological polar surface area (TPSA) is 52.7 Å². The third kappa shape index (κ3) is 6.92. The van der Waals surface area contributed by atoms with Gasteiger partial charge in [-0.2, -0.15) is 0 Å². The zero-order valence-electron chi connectivity index (χ0n) is 17.1. The lowest BCUT2D eigenvalue weighted by Crippen LogP contribution is -2.50. The number of carbonyl (C=O) groups excluding carboxylic acids is 2. The number of piperazine rings is 1. The third-order valence-corrected chi connectivity index (χ3v) is 6.52. The molecule has 1 aliphatic rings. The fourth-order valence-corrected chi connectivity index (χ4v) is 4.27. The largest absolute Gasteiger partial charge is 0.339 e. The van der Waals surface area contributed by atoms with Gasteiger partial charge in [0.05, 0.1) is 11.0 Å². The lowest BCUT2D eigenvalue weighted by molar-refractivity contribution is -0.132. The van der Waals surface area contributed by atoms with Crippen molar-refractivity contribution in [1.29, 1.82) is 0 Å². The fraction of sp³-hybridized carbons (Fsp3) is 0.364. The number of amides is 2. The number of anilines is 1. The molecule has 166 valence electrons. The van der Waals surface area contributed by atoms with Crippen molar-refractivity contribution in [2.45, 2.75) is 18.7 Å². The van der Waals surface area contributed by atoms with Crippen molar-refractivity contribution >= 4 is 40.9 Å². The van der Waals surface area contributed by atoms with E-state index in [0.29, 0.717) is 43.4 Å². The molecule has 9 heteroatoms. The summed E-state index contributed by atoms with van der Waals surface area (Å²) in [5, 5.41) is 2.74. The van der Waals surface area contributed by atoms with Crippen molar-refractivity contribution in [3.05, 3.63) is 64.7 Å². The molecule has 1 fully saturated rings. The fourth-order valence-electron chi connectivity index (χ4n) is 3.28. The first-order valence-electron chi connectivity index (χ1n) is 9.94. The van der Waals surface area contributed by atoms with Crippen molar-refractivity contribution in [3.63, 3.8) is 0 Å². The molecule has 0 aliphatic carbocycles. The summed E-state index contributed by atoms with van der Waals surface area (Å²) in [6.07, 6.45) is 0. The normalized spacial score (nSPS) is 15.5. The van der Waals surface area contributed by atoms with Gasteiger partial charge in [0.1, 0.15) is 11.6 Å². The highest BCUT2D eigenvalue weighted by Crippen LogP contribution is 2.21. The minimum Gasteiger partial charge on any atom is -0.339 e. The summed E-state index contributed by atoms with van der Waals surface area (Å²) in [7, 11) is 0. The van der Waals surface area contributed by atoms with Gasteiger partial charge >= 0.3 is 0 Å². The molecular weight excluding hydrogens is 444 g/mol. The van der Waals surface area contributed by atoms with Gasteiger partial charge < -0.3 is 10.2 Å². The second-order valence-corrected chi connectivity index (χ2v) is 9.08. The van der Waals surface area contributed by atoms with Crippen molar-refractivity contribution in [2.24, 2.45) is 0 Å². The Bertz CT molecular complexity index is 921. The number of thioether (sulfide) groups is 1. The molecule has 0 spiro atoms. The Balaban J connectivity index is 1.41. The molecule has 1 aliphatic heterocycles. The third-order valence-electron chi connectivity index (χ3n) is 5.03.